The first-order chi connectivity index (χ1) is 23.9. The van der Waals surface area contributed by atoms with Crippen molar-refractivity contribution in [3.63, 3.8) is 0 Å². The molecule has 10 nitrogen and oxygen atoms in total. The Bertz CT molecular complexity index is 1310. The van der Waals surface area contributed by atoms with Crippen molar-refractivity contribution in [2.75, 3.05) is 13.1 Å². The van der Waals surface area contributed by atoms with E-state index in [1.54, 1.807) is 49.1 Å². The van der Waals surface area contributed by atoms with Gasteiger partial charge in [0.05, 0.1) is 36.4 Å². The first-order valence-corrected chi connectivity index (χ1v) is 18.9. The van der Waals surface area contributed by atoms with E-state index in [1.807, 2.05) is 27.7 Å². The zero-order valence-electron chi connectivity index (χ0n) is 32.2. The van der Waals surface area contributed by atoms with Crippen molar-refractivity contribution < 1.29 is 44.2 Å². The van der Waals surface area contributed by atoms with Gasteiger partial charge >= 0.3 is 12.1 Å². The number of esters is 1. The molecule has 0 aromatic heterocycles. The molecule has 1 saturated heterocycles. The first-order valence-electron chi connectivity index (χ1n) is 18.9. The minimum Gasteiger partial charge on any atom is -0.457 e. The quantitative estimate of drug-likeness (QED) is 0.0771. The molecule has 0 bridgehead atoms. The molecule has 0 radical (unpaired) electrons. The molecule has 10 unspecified atom stereocenters. The summed E-state index contributed by atoms with van der Waals surface area (Å²) >= 11 is 0. The molecule has 3 aliphatic heterocycles. The third-order valence-corrected chi connectivity index (χ3v) is 10.4. The molecular weight excluding hydrogens is 650 g/mol. The number of allylic oxidation sites excluding steroid dienone is 5. The third kappa shape index (κ3) is 14.0. The number of rotatable bonds is 12. The molecule has 1 fully saturated rings. The fourth-order valence-corrected chi connectivity index (χ4v) is 6.85. The Kier molecular flexibility index (Phi) is 16.2. The Morgan fingerprint density at radius 3 is 2.67 bits per heavy atom. The molecule has 288 valence electrons. The van der Waals surface area contributed by atoms with Crippen molar-refractivity contribution in [3.8, 4) is 0 Å². The molecule has 0 saturated carbocycles. The number of cyclic esters (lactones) is 1. The van der Waals surface area contributed by atoms with Crippen LogP contribution in [0, 0.1) is 11.8 Å². The number of amides is 1. The van der Waals surface area contributed by atoms with E-state index in [0.717, 1.165) is 25.7 Å². The largest absolute Gasteiger partial charge is 0.457 e. The van der Waals surface area contributed by atoms with E-state index in [9.17, 15) is 30.0 Å². The zero-order chi connectivity index (χ0) is 37.9. The summed E-state index contributed by atoms with van der Waals surface area (Å²) in [7, 11) is 0. The molecule has 3 aliphatic rings. The fraction of sp³-hybridized carbons (Fsp3) is 0.707. The van der Waals surface area contributed by atoms with E-state index in [4.69, 9.17) is 14.2 Å². The minimum atomic E-state index is -1.50. The van der Waals surface area contributed by atoms with Crippen molar-refractivity contribution in [2.45, 2.75) is 161 Å². The van der Waals surface area contributed by atoms with Gasteiger partial charge in [0.15, 0.2) is 6.10 Å². The van der Waals surface area contributed by atoms with Crippen LogP contribution in [-0.4, -0.2) is 98.3 Å². The van der Waals surface area contributed by atoms with Gasteiger partial charge in [0.1, 0.15) is 11.7 Å². The van der Waals surface area contributed by atoms with E-state index in [1.165, 1.54) is 11.1 Å². The number of nitrogens with zero attached hydrogens (tertiary/aromatic N) is 1. The van der Waals surface area contributed by atoms with Crippen molar-refractivity contribution in [2.24, 2.45) is 11.8 Å². The Morgan fingerprint density at radius 2 is 1.98 bits per heavy atom. The number of hydrogen-bond donors (Lipinski definition) is 4. The summed E-state index contributed by atoms with van der Waals surface area (Å²) in [6, 6.07) is 0. The second-order valence-electron chi connectivity index (χ2n) is 15.7. The zero-order valence-corrected chi connectivity index (χ0v) is 32.2. The van der Waals surface area contributed by atoms with Crippen molar-refractivity contribution in [1.82, 2.24) is 4.90 Å². The standard InChI is InChI=1S/C41H65NO9/c1-9-33(44)30(6)38-34(49-38)26-40(7,47)21-11-14-28(4)37-29(5)17-18-35(41(8,48)22-19-32(43)25-36(45)51-37)50-39(46)42-23-12-16-31(20-24-42)15-10-13-27(2)3/h11,13-14,17-18,20-21,29-30,32-35,37-38,43-44,47-48H,9-10,12,15-16,19,22-26H2,1-8H3/b18-17+,21-11+,28-14+. The molecule has 10 atom stereocenters. The number of aliphatic hydroxyl groups excluding tert-OH is 2. The van der Waals surface area contributed by atoms with Crippen molar-refractivity contribution in [1.29, 1.82) is 0 Å². The second-order valence-corrected chi connectivity index (χ2v) is 15.7. The van der Waals surface area contributed by atoms with Gasteiger partial charge in [0.25, 0.3) is 0 Å². The van der Waals surface area contributed by atoms with Crippen LogP contribution in [0.1, 0.15) is 113 Å². The Morgan fingerprint density at radius 1 is 1.25 bits per heavy atom. The van der Waals surface area contributed by atoms with Crippen LogP contribution < -0.4 is 0 Å². The van der Waals surface area contributed by atoms with Gasteiger partial charge in [-0.2, -0.15) is 0 Å². The number of ether oxygens (including phenoxy) is 3. The van der Waals surface area contributed by atoms with Gasteiger partial charge < -0.3 is 39.5 Å². The second kappa shape index (κ2) is 19.4. The topological polar surface area (TPSA) is 149 Å². The van der Waals surface area contributed by atoms with E-state index >= 15 is 0 Å². The minimum absolute atomic E-state index is 0.0140. The molecule has 0 aromatic carbocycles. The van der Waals surface area contributed by atoms with Crippen LogP contribution in [0.3, 0.4) is 0 Å². The smallest absolute Gasteiger partial charge is 0.410 e. The Hall–Kier alpha value is -2.76. The van der Waals surface area contributed by atoms with Crippen LogP contribution in [0.2, 0.25) is 0 Å². The summed E-state index contributed by atoms with van der Waals surface area (Å²) in [4.78, 5) is 28.0. The lowest BCUT2D eigenvalue weighted by molar-refractivity contribution is -0.151. The maximum atomic E-state index is 13.5. The third-order valence-electron chi connectivity index (χ3n) is 10.4. The fourth-order valence-electron chi connectivity index (χ4n) is 6.85. The van der Waals surface area contributed by atoms with Gasteiger partial charge in [-0.25, -0.2) is 4.79 Å². The highest BCUT2D eigenvalue weighted by atomic mass is 16.6. The van der Waals surface area contributed by atoms with E-state index < -0.39 is 47.7 Å². The van der Waals surface area contributed by atoms with Gasteiger partial charge in [-0.05, 0) is 91.2 Å². The molecule has 0 aliphatic carbocycles. The van der Waals surface area contributed by atoms with Crippen LogP contribution in [0.15, 0.2) is 59.3 Å². The van der Waals surface area contributed by atoms with Gasteiger partial charge in [-0.15, -0.1) is 0 Å². The molecule has 1 amide bonds. The summed E-state index contributed by atoms with van der Waals surface area (Å²) in [5.74, 6) is -0.960. The number of epoxide rings is 1. The maximum Gasteiger partial charge on any atom is 0.410 e. The maximum absolute atomic E-state index is 13.5. The van der Waals surface area contributed by atoms with Gasteiger partial charge in [0.2, 0.25) is 0 Å². The number of hydrogen-bond acceptors (Lipinski definition) is 9. The van der Waals surface area contributed by atoms with Crippen LogP contribution in [-0.2, 0) is 19.0 Å². The van der Waals surface area contributed by atoms with Crippen molar-refractivity contribution >= 4 is 12.1 Å². The van der Waals surface area contributed by atoms with Crippen LogP contribution in [0.4, 0.5) is 4.79 Å². The highest BCUT2D eigenvalue weighted by molar-refractivity contribution is 5.70. The summed E-state index contributed by atoms with van der Waals surface area (Å²) < 4.78 is 17.6. The molecule has 0 aromatic rings. The van der Waals surface area contributed by atoms with Gasteiger partial charge in [-0.1, -0.05) is 68.4 Å². The average molecular weight is 716 g/mol. The van der Waals surface area contributed by atoms with Crippen LogP contribution in [0.25, 0.3) is 0 Å². The number of aliphatic hydroxyl groups is 4. The molecule has 4 N–H and O–H groups in total. The van der Waals surface area contributed by atoms with Gasteiger partial charge in [-0.3, -0.25) is 4.79 Å². The lowest BCUT2D eigenvalue weighted by Gasteiger charge is -2.34. The number of carbonyl (C=O) groups is 2. The Balaban J connectivity index is 1.74. The molecular formula is C41H65NO9. The van der Waals surface area contributed by atoms with Gasteiger partial charge in [0, 0.05) is 31.3 Å². The number of carbonyl (C=O) groups excluding carboxylic acids is 2. The average Bonchev–Trinajstić information content (AvgIpc) is 3.85. The Labute approximate surface area is 305 Å². The lowest BCUT2D eigenvalue weighted by Crippen LogP contribution is -2.45. The molecule has 51 heavy (non-hydrogen) atoms. The summed E-state index contributed by atoms with van der Waals surface area (Å²) in [5, 5.41) is 43.4. The SMILES string of the molecule is CCC(O)C(C)C1OC1CC(C)(O)/C=C/C=C(\C)C1OC(=O)CC(O)CCC(C)(O)C(OC(=O)N2CC=C(CCC=C(C)C)CCC2)/C=C/C1C. The summed E-state index contributed by atoms with van der Waals surface area (Å²) in [5.41, 5.74) is 0.661. The molecule has 3 heterocycles. The van der Waals surface area contributed by atoms with E-state index in [-0.39, 0.29) is 43.3 Å². The van der Waals surface area contributed by atoms with E-state index in [2.05, 4.69) is 26.0 Å². The summed E-state index contributed by atoms with van der Waals surface area (Å²) in [6.45, 7) is 16.0. The molecule has 0 spiro atoms. The van der Waals surface area contributed by atoms with Crippen LogP contribution >= 0.6 is 0 Å². The first kappa shape index (κ1) is 42.7. The van der Waals surface area contributed by atoms with Crippen molar-refractivity contribution in [3.05, 3.63) is 59.3 Å². The normalized spacial score (nSPS) is 32.6. The molecule has 10 heteroatoms. The molecule has 3 rings (SSSR count). The monoisotopic (exact) mass is 715 g/mol. The van der Waals surface area contributed by atoms with E-state index in [0.29, 0.717) is 31.5 Å². The predicted molar refractivity (Wildman–Crippen MR) is 199 cm³/mol. The highest BCUT2D eigenvalue weighted by Gasteiger charge is 2.47. The summed E-state index contributed by atoms with van der Waals surface area (Å²) in [6.07, 6.45) is 13.7. The highest BCUT2D eigenvalue weighted by Crippen LogP contribution is 2.37. The van der Waals surface area contributed by atoms with Crippen LogP contribution in [0.5, 0.6) is 0 Å². The lowest BCUT2D eigenvalue weighted by atomic mass is 9.88. The predicted octanol–water partition coefficient (Wildman–Crippen LogP) is 6.48.